The van der Waals surface area contributed by atoms with Gasteiger partial charge in [-0.05, 0) is 30.2 Å². The Morgan fingerprint density at radius 3 is 2.26 bits per heavy atom. The Morgan fingerprint density at radius 2 is 1.74 bits per heavy atom. The molecule has 0 heterocycles. The zero-order valence-corrected chi connectivity index (χ0v) is 11.1. The zero-order chi connectivity index (χ0) is 13.9. The van der Waals surface area contributed by atoms with Crippen LogP contribution in [0.5, 0.6) is 5.75 Å². The summed E-state index contributed by atoms with van der Waals surface area (Å²) in [7, 11) is 1.58. The number of ether oxygens (including phenoxy) is 1. The molecule has 0 amide bonds. The topological polar surface area (TPSA) is 29.5 Å². The maximum absolute atomic E-state index is 13.9. The number of hydrogen-bond acceptors (Lipinski definition) is 2. The quantitative estimate of drug-likeness (QED) is 0.912. The molecule has 2 aromatic rings. The molecule has 2 rings (SSSR count). The lowest BCUT2D eigenvalue weighted by Crippen LogP contribution is -2.27. The van der Waals surface area contributed by atoms with Gasteiger partial charge in [-0.15, -0.1) is 0 Å². The second-order valence-corrected chi connectivity index (χ2v) is 4.42. The highest BCUT2D eigenvalue weighted by Crippen LogP contribution is 2.34. The van der Waals surface area contributed by atoms with Crippen LogP contribution in [0.1, 0.15) is 24.5 Å². The highest BCUT2D eigenvalue weighted by molar-refractivity contribution is 5.39. The fourth-order valence-electron chi connectivity index (χ4n) is 2.21. The Morgan fingerprint density at radius 1 is 1.11 bits per heavy atom. The van der Waals surface area contributed by atoms with Crippen molar-refractivity contribution < 1.29 is 14.2 Å². The van der Waals surface area contributed by atoms with Crippen LogP contribution in [0.15, 0.2) is 48.5 Å². The standard InChI is InChI=1S/C16H17FO2/c1-3-16(18,14-6-4-5-7-15(14)17)12-8-10-13(19-2)11-9-12/h4-11,18H,3H2,1-2H3. The molecule has 0 aliphatic rings. The largest absolute Gasteiger partial charge is 0.497 e. The fraction of sp³-hybridized carbons (Fsp3) is 0.250. The van der Waals surface area contributed by atoms with Crippen molar-refractivity contribution in [3.8, 4) is 5.75 Å². The molecule has 2 nitrogen and oxygen atoms in total. The van der Waals surface area contributed by atoms with Crippen LogP contribution in [0.3, 0.4) is 0 Å². The van der Waals surface area contributed by atoms with Crippen molar-refractivity contribution in [2.24, 2.45) is 0 Å². The summed E-state index contributed by atoms with van der Waals surface area (Å²) in [5.74, 6) is 0.304. The van der Waals surface area contributed by atoms with Crippen LogP contribution in [0.4, 0.5) is 4.39 Å². The van der Waals surface area contributed by atoms with Crippen LogP contribution in [0.25, 0.3) is 0 Å². The number of rotatable bonds is 4. The van der Waals surface area contributed by atoms with E-state index in [4.69, 9.17) is 4.74 Å². The molecule has 0 spiro atoms. The van der Waals surface area contributed by atoms with Crippen LogP contribution < -0.4 is 4.74 Å². The van der Waals surface area contributed by atoms with E-state index in [1.807, 2.05) is 6.92 Å². The lowest BCUT2D eigenvalue weighted by atomic mass is 9.84. The minimum atomic E-state index is -1.32. The smallest absolute Gasteiger partial charge is 0.129 e. The molecule has 19 heavy (non-hydrogen) atoms. The third-order valence-electron chi connectivity index (χ3n) is 3.40. The summed E-state index contributed by atoms with van der Waals surface area (Å²) in [5, 5.41) is 10.8. The van der Waals surface area contributed by atoms with Gasteiger partial charge >= 0.3 is 0 Å². The summed E-state index contributed by atoms with van der Waals surface area (Å²) >= 11 is 0. The predicted molar refractivity (Wildman–Crippen MR) is 72.7 cm³/mol. The molecule has 1 unspecified atom stereocenters. The normalized spacial score (nSPS) is 13.9. The molecule has 1 N–H and O–H groups in total. The lowest BCUT2D eigenvalue weighted by Gasteiger charge is -2.28. The van der Waals surface area contributed by atoms with Gasteiger partial charge in [-0.3, -0.25) is 0 Å². The summed E-state index contributed by atoms with van der Waals surface area (Å²) < 4.78 is 19.0. The van der Waals surface area contributed by atoms with Crippen LogP contribution in [0.2, 0.25) is 0 Å². The van der Waals surface area contributed by atoms with E-state index in [0.29, 0.717) is 23.3 Å². The van der Waals surface area contributed by atoms with Gasteiger partial charge in [0.15, 0.2) is 0 Å². The fourth-order valence-corrected chi connectivity index (χ4v) is 2.21. The van der Waals surface area contributed by atoms with Crippen molar-refractivity contribution in [2.75, 3.05) is 7.11 Å². The summed E-state index contributed by atoms with van der Waals surface area (Å²) in [6, 6.07) is 13.4. The highest BCUT2D eigenvalue weighted by atomic mass is 19.1. The van der Waals surface area contributed by atoms with Crippen LogP contribution in [0, 0.1) is 5.82 Å². The van der Waals surface area contributed by atoms with E-state index in [2.05, 4.69) is 0 Å². The van der Waals surface area contributed by atoms with Crippen molar-refractivity contribution in [1.82, 2.24) is 0 Å². The van der Waals surface area contributed by atoms with Crippen molar-refractivity contribution in [3.05, 3.63) is 65.5 Å². The van der Waals surface area contributed by atoms with Gasteiger partial charge in [0.25, 0.3) is 0 Å². The summed E-state index contributed by atoms with van der Waals surface area (Å²) in [6.07, 6.45) is 0.389. The van der Waals surface area contributed by atoms with E-state index in [1.54, 1.807) is 49.6 Å². The van der Waals surface area contributed by atoms with E-state index in [0.717, 1.165) is 0 Å². The average molecular weight is 260 g/mol. The van der Waals surface area contributed by atoms with E-state index in [1.165, 1.54) is 6.07 Å². The number of hydrogen-bond donors (Lipinski definition) is 1. The molecule has 1 atom stereocenters. The van der Waals surface area contributed by atoms with E-state index in [-0.39, 0.29) is 0 Å². The van der Waals surface area contributed by atoms with Gasteiger partial charge in [0.05, 0.1) is 7.11 Å². The first kappa shape index (κ1) is 13.6. The van der Waals surface area contributed by atoms with Gasteiger partial charge in [0.2, 0.25) is 0 Å². The van der Waals surface area contributed by atoms with Crippen LogP contribution >= 0.6 is 0 Å². The van der Waals surface area contributed by atoms with Crippen molar-refractivity contribution >= 4 is 0 Å². The van der Waals surface area contributed by atoms with Gasteiger partial charge in [-0.2, -0.15) is 0 Å². The second kappa shape index (κ2) is 5.41. The third kappa shape index (κ3) is 2.47. The third-order valence-corrected chi connectivity index (χ3v) is 3.40. The monoisotopic (exact) mass is 260 g/mol. The number of halogens is 1. The van der Waals surface area contributed by atoms with Crippen LogP contribution in [-0.2, 0) is 5.60 Å². The Labute approximate surface area is 112 Å². The maximum atomic E-state index is 13.9. The van der Waals surface area contributed by atoms with Crippen molar-refractivity contribution in [3.63, 3.8) is 0 Å². The van der Waals surface area contributed by atoms with Gasteiger partial charge in [0, 0.05) is 5.56 Å². The van der Waals surface area contributed by atoms with Crippen molar-refractivity contribution in [2.45, 2.75) is 18.9 Å². The first-order chi connectivity index (χ1) is 9.11. The van der Waals surface area contributed by atoms with E-state index < -0.39 is 11.4 Å². The zero-order valence-electron chi connectivity index (χ0n) is 11.1. The molecule has 3 heteroatoms. The van der Waals surface area contributed by atoms with Gasteiger partial charge in [-0.1, -0.05) is 37.3 Å². The van der Waals surface area contributed by atoms with Crippen molar-refractivity contribution in [1.29, 1.82) is 0 Å². The number of methoxy groups -OCH3 is 1. The first-order valence-corrected chi connectivity index (χ1v) is 6.23. The number of aliphatic hydroxyl groups is 1. The molecule has 0 aliphatic carbocycles. The van der Waals surface area contributed by atoms with Crippen LogP contribution in [-0.4, -0.2) is 12.2 Å². The average Bonchev–Trinajstić information content (AvgIpc) is 2.47. The Bertz CT molecular complexity index is 551. The summed E-state index contributed by atoms with van der Waals surface area (Å²) in [6.45, 7) is 1.83. The summed E-state index contributed by atoms with van der Waals surface area (Å²) in [5.41, 5.74) is -0.374. The Balaban J connectivity index is 2.50. The van der Waals surface area contributed by atoms with E-state index >= 15 is 0 Å². The minimum absolute atomic E-state index is 0.294. The molecule has 2 aromatic carbocycles. The Kier molecular flexibility index (Phi) is 3.86. The molecule has 0 radical (unpaired) electrons. The molecule has 100 valence electrons. The maximum Gasteiger partial charge on any atom is 0.129 e. The molecular weight excluding hydrogens is 243 g/mol. The molecule has 0 saturated heterocycles. The van der Waals surface area contributed by atoms with E-state index in [9.17, 15) is 9.50 Å². The number of benzene rings is 2. The molecule has 0 fully saturated rings. The molecule has 0 aliphatic heterocycles. The first-order valence-electron chi connectivity index (χ1n) is 6.23. The molecule has 0 saturated carbocycles. The predicted octanol–water partition coefficient (Wildman–Crippen LogP) is 3.48. The lowest BCUT2D eigenvalue weighted by molar-refractivity contribution is 0.0725. The second-order valence-electron chi connectivity index (χ2n) is 4.42. The molecule has 0 aromatic heterocycles. The SMILES string of the molecule is CCC(O)(c1ccc(OC)cc1)c1ccccc1F. The van der Waals surface area contributed by atoms with Gasteiger partial charge < -0.3 is 9.84 Å². The molecular formula is C16H17FO2. The van der Waals surface area contributed by atoms with Gasteiger partial charge in [-0.25, -0.2) is 4.39 Å². The summed E-state index contributed by atoms with van der Waals surface area (Å²) in [4.78, 5) is 0. The Hall–Kier alpha value is -1.87. The highest BCUT2D eigenvalue weighted by Gasteiger charge is 2.31. The minimum Gasteiger partial charge on any atom is -0.497 e. The van der Waals surface area contributed by atoms with Gasteiger partial charge in [0.1, 0.15) is 17.2 Å². The molecule has 0 bridgehead atoms.